The Balaban J connectivity index is 2.99. The number of fused-ring (bicyclic) bond motifs is 1. The van der Waals surface area contributed by atoms with Crippen molar-refractivity contribution in [3.63, 3.8) is 0 Å². The molecule has 1 aromatic carbocycles. The van der Waals surface area contributed by atoms with Gasteiger partial charge in [0.1, 0.15) is 11.1 Å². The molecule has 0 radical (unpaired) electrons. The van der Waals surface area contributed by atoms with Gasteiger partial charge >= 0.3 is 5.97 Å². The fourth-order valence-electron chi connectivity index (χ4n) is 1.61. The number of rotatable bonds is 2. The van der Waals surface area contributed by atoms with Crippen molar-refractivity contribution in [2.24, 2.45) is 0 Å². The van der Waals surface area contributed by atoms with Gasteiger partial charge in [-0.2, -0.15) is 0 Å². The van der Waals surface area contributed by atoms with Crippen LogP contribution in [-0.4, -0.2) is 21.0 Å². The molecular formula is C10H5ClN2O5. The first-order chi connectivity index (χ1) is 8.43. The molecule has 1 aromatic heterocycles. The number of nitrogens with one attached hydrogen (secondary N) is 1. The predicted octanol–water partition coefficient (Wildman–Crippen LogP) is 1.79. The molecule has 18 heavy (non-hydrogen) atoms. The number of benzene rings is 1. The number of aromatic carboxylic acids is 1. The molecule has 2 N–H and O–H groups in total. The molecule has 1 heterocycles. The van der Waals surface area contributed by atoms with Crippen molar-refractivity contribution in [3.8, 4) is 0 Å². The summed E-state index contributed by atoms with van der Waals surface area (Å²) in [5.74, 6) is -1.49. The molecule has 0 aliphatic carbocycles. The maximum absolute atomic E-state index is 11.5. The molecule has 8 heteroatoms. The highest BCUT2D eigenvalue weighted by molar-refractivity contribution is 6.38. The largest absolute Gasteiger partial charge is 0.477 e. The van der Waals surface area contributed by atoms with Crippen molar-refractivity contribution in [1.82, 2.24) is 4.98 Å². The van der Waals surface area contributed by atoms with Crippen LogP contribution in [0.2, 0.25) is 5.02 Å². The van der Waals surface area contributed by atoms with Crippen LogP contribution in [0.5, 0.6) is 0 Å². The van der Waals surface area contributed by atoms with Crippen molar-refractivity contribution < 1.29 is 14.8 Å². The fourth-order valence-corrected chi connectivity index (χ4v) is 1.93. The van der Waals surface area contributed by atoms with E-state index in [9.17, 15) is 19.7 Å². The molecular weight excluding hydrogens is 264 g/mol. The van der Waals surface area contributed by atoms with Gasteiger partial charge in [-0.1, -0.05) is 23.7 Å². The lowest BCUT2D eigenvalue weighted by molar-refractivity contribution is -0.383. The zero-order valence-corrected chi connectivity index (χ0v) is 9.39. The molecule has 0 saturated heterocycles. The van der Waals surface area contributed by atoms with Gasteiger partial charge in [0.25, 0.3) is 11.2 Å². The van der Waals surface area contributed by atoms with Gasteiger partial charge in [0, 0.05) is 11.5 Å². The molecule has 0 bridgehead atoms. The van der Waals surface area contributed by atoms with Gasteiger partial charge in [-0.25, -0.2) is 4.79 Å². The Morgan fingerprint density at radius 3 is 2.67 bits per heavy atom. The Labute approximate surface area is 104 Å². The minimum absolute atomic E-state index is 0.0949. The molecule has 0 amide bonds. The van der Waals surface area contributed by atoms with Crippen LogP contribution in [0.1, 0.15) is 10.4 Å². The van der Waals surface area contributed by atoms with Crippen LogP contribution in [0, 0.1) is 10.1 Å². The second-order valence-corrected chi connectivity index (χ2v) is 3.78. The fraction of sp³-hybridized carbons (Fsp3) is 0. The third kappa shape index (κ3) is 1.70. The average molecular weight is 269 g/mol. The zero-order chi connectivity index (χ0) is 13.4. The number of nitrogens with zero attached hydrogens (tertiary/aromatic N) is 1. The summed E-state index contributed by atoms with van der Waals surface area (Å²) in [6, 6.07) is 3.94. The van der Waals surface area contributed by atoms with Gasteiger partial charge in [-0.3, -0.25) is 14.9 Å². The van der Waals surface area contributed by atoms with Crippen molar-refractivity contribution in [1.29, 1.82) is 0 Å². The normalized spacial score (nSPS) is 10.5. The number of hydrogen-bond donors (Lipinski definition) is 2. The van der Waals surface area contributed by atoms with Crippen LogP contribution in [0.4, 0.5) is 5.69 Å². The highest BCUT2D eigenvalue weighted by Gasteiger charge is 2.21. The van der Waals surface area contributed by atoms with Crippen molar-refractivity contribution in [3.05, 3.63) is 49.3 Å². The van der Waals surface area contributed by atoms with E-state index in [1.165, 1.54) is 18.2 Å². The number of hydrogen-bond acceptors (Lipinski definition) is 4. The lowest BCUT2D eigenvalue weighted by Crippen LogP contribution is -2.18. The molecule has 7 nitrogen and oxygen atoms in total. The first kappa shape index (κ1) is 12.1. The molecule has 0 aliphatic heterocycles. The second-order valence-electron chi connectivity index (χ2n) is 3.41. The van der Waals surface area contributed by atoms with Crippen molar-refractivity contribution >= 4 is 34.2 Å². The standard InChI is InChI=1S/C10H5ClN2O5/c11-7-4-2-1-3-5(13(17)18)8(4)12-9(14)6(7)10(15)16/h1-3H,(H,12,14)(H,15,16). The molecule has 0 aliphatic rings. The number of non-ortho nitro benzene ring substituents is 1. The number of aromatic amines is 1. The predicted molar refractivity (Wildman–Crippen MR) is 63.2 cm³/mol. The Hall–Kier alpha value is -2.41. The summed E-state index contributed by atoms with van der Waals surface area (Å²) in [5, 5.41) is 19.4. The number of aromatic nitrogens is 1. The molecule has 0 atom stereocenters. The monoisotopic (exact) mass is 268 g/mol. The zero-order valence-electron chi connectivity index (χ0n) is 8.64. The van der Waals surface area contributed by atoms with Gasteiger partial charge in [0.2, 0.25) is 0 Å². The number of nitro groups is 1. The van der Waals surface area contributed by atoms with Crippen LogP contribution < -0.4 is 5.56 Å². The van der Waals surface area contributed by atoms with Crippen LogP contribution >= 0.6 is 11.6 Å². The van der Waals surface area contributed by atoms with E-state index >= 15 is 0 Å². The molecule has 0 spiro atoms. The number of carbonyl (C=O) groups is 1. The average Bonchev–Trinajstić information content (AvgIpc) is 2.27. The smallest absolute Gasteiger partial charge is 0.342 e. The number of nitro benzene ring substituents is 1. The first-order valence-electron chi connectivity index (χ1n) is 4.65. The van der Waals surface area contributed by atoms with E-state index in [1.807, 2.05) is 0 Å². The van der Waals surface area contributed by atoms with E-state index in [0.29, 0.717) is 0 Å². The summed E-state index contributed by atoms with van der Waals surface area (Å²) in [5.41, 5.74) is -2.05. The summed E-state index contributed by atoms with van der Waals surface area (Å²) in [6.45, 7) is 0. The van der Waals surface area contributed by atoms with E-state index in [4.69, 9.17) is 16.7 Å². The van der Waals surface area contributed by atoms with Gasteiger partial charge in [0.15, 0.2) is 0 Å². The van der Waals surface area contributed by atoms with Crippen molar-refractivity contribution in [2.45, 2.75) is 0 Å². The summed E-state index contributed by atoms with van der Waals surface area (Å²) in [6.07, 6.45) is 0. The SMILES string of the molecule is O=C(O)c1c(Cl)c2cccc([N+](=O)[O-])c2[nH]c1=O. The quantitative estimate of drug-likeness (QED) is 0.636. The highest BCUT2D eigenvalue weighted by atomic mass is 35.5. The number of halogens is 1. The lowest BCUT2D eigenvalue weighted by Gasteiger charge is -2.04. The molecule has 2 aromatic rings. The summed E-state index contributed by atoms with van der Waals surface area (Å²) in [7, 11) is 0. The van der Waals surface area contributed by atoms with Gasteiger partial charge in [-0.15, -0.1) is 0 Å². The molecule has 92 valence electrons. The second kappa shape index (κ2) is 4.11. The summed E-state index contributed by atoms with van der Waals surface area (Å²) >= 11 is 5.80. The highest BCUT2D eigenvalue weighted by Crippen LogP contribution is 2.29. The molecule has 0 fully saturated rings. The maximum Gasteiger partial charge on any atom is 0.342 e. The van der Waals surface area contributed by atoms with E-state index in [2.05, 4.69) is 4.98 Å². The maximum atomic E-state index is 11.5. The van der Waals surface area contributed by atoms with Gasteiger partial charge in [0.05, 0.1) is 9.95 Å². The molecule has 0 unspecified atom stereocenters. The number of carboxylic acids is 1. The Bertz CT molecular complexity index is 737. The lowest BCUT2D eigenvalue weighted by atomic mass is 10.1. The van der Waals surface area contributed by atoms with E-state index in [0.717, 1.165) is 0 Å². The number of H-pyrrole nitrogens is 1. The van der Waals surface area contributed by atoms with Crippen LogP contribution in [-0.2, 0) is 0 Å². The van der Waals surface area contributed by atoms with Crippen molar-refractivity contribution in [2.75, 3.05) is 0 Å². The van der Waals surface area contributed by atoms with Gasteiger partial charge < -0.3 is 10.1 Å². The number of pyridine rings is 1. The third-order valence-electron chi connectivity index (χ3n) is 2.37. The summed E-state index contributed by atoms with van der Waals surface area (Å²) < 4.78 is 0. The first-order valence-corrected chi connectivity index (χ1v) is 5.03. The van der Waals surface area contributed by atoms with Crippen LogP contribution in [0.3, 0.4) is 0 Å². The Kier molecular flexibility index (Phi) is 2.76. The van der Waals surface area contributed by atoms with E-state index < -0.39 is 22.0 Å². The molecule has 2 rings (SSSR count). The minimum Gasteiger partial charge on any atom is -0.477 e. The third-order valence-corrected chi connectivity index (χ3v) is 2.77. The van der Waals surface area contributed by atoms with E-state index in [-0.39, 0.29) is 21.6 Å². The molecule has 0 saturated carbocycles. The van der Waals surface area contributed by atoms with E-state index in [1.54, 1.807) is 0 Å². The van der Waals surface area contributed by atoms with Gasteiger partial charge in [-0.05, 0) is 0 Å². The van der Waals surface area contributed by atoms with Crippen LogP contribution in [0.15, 0.2) is 23.0 Å². The van der Waals surface area contributed by atoms with Crippen LogP contribution in [0.25, 0.3) is 10.9 Å². The number of para-hydroxylation sites is 1. The number of carboxylic acid groups (broad SMARTS) is 1. The Morgan fingerprint density at radius 1 is 1.44 bits per heavy atom. The minimum atomic E-state index is -1.49. The topological polar surface area (TPSA) is 113 Å². The Morgan fingerprint density at radius 2 is 2.11 bits per heavy atom. The summed E-state index contributed by atoms with van der Waals surface area (Å²) in [4.78, 5) is 34.7.